The van der Waals surface area contributed by atoms with Gasteiger partial charge in [-0.2, -0.15) is 0 Å². The molecular weight excluding hydrogens is 152 g/mol. The van der Waals surface area contributed by atoms with Crippen LogP contribution in [-0.4, -0.2) is 11.1 Å². The number of benzene rings is 1. The molecule has 0 amide bonds. The van der Waals surface area contributed by atoms with Gasteiger partial charge in [0, 0.05) is 0 Å². The normalized spacial score (nSPS) is 12.4. The fourth-order valence-corrected chi connectivity index (χ4v) is 1.24. The highest BCUT2D eigenvalue weighted by atomic mass is 16.4. The number of aliphatic carboxylic acids is 1. The molecule has 0 aliphatic rings. The van der Waals surface area contributed by atoms with Crippen LogP contribution in [0.25, 0.3) is 0 Å². The van der Waals surface area contributed by atoms with Crippen LogP contribution < -0.4 is 0 Å². The Morgan fingerprint density at radius 1 is 1.42 bits per heavy atom. The van der Waals surface area contributed by atoms with Crippen LogP contribution in [0.2, 0.25) is 0 Å². The SMILES string of the molecule is CC[C@@H](C(=O)O)c1ccccc1. The maximum Gasteiger partial charge on any atom is 0.310 e. The Hall–Kier alpha value is -1.31. The van der Waals surface area contributed by atoms with Crippen LogP contribution in [0.1, 0.15) is 24.8 Å². The third kappa shape index (κ3) is 1.84. The molecule has 0 aromatic heterocycles. The largest absolute Gasteiger partial charge is 0.481 e. The van der Waals surface area contributed by atoms with Gasteiger partial charge in [-0.1, -0.05) is 37.3 Å². The molecule has 0 fully saturated rings. The number of carboxylic acids is 1. The molecule has 1 rings (SSSR count). The number of hydrogen-bond acceptors (Lipinski definition) is 1. The van der Waals surface area contributed by atoms with Gasteiger partial charge in [-0.3, -0.25) is 4.79 Å². The minimum Gasteiger partial charge on any atom is -0.481 e. The smallest absolute Gasteiger partial charge is 0.310 e. The lowest BCUT2D eigenvalue weighted by molar-refractivity contribution is -0.138. The minimum atomic E-state index is -0.747. The van der Waals surface area contributed by atoms with Gasteiger partial charge in [0.2, 0.25) is 0 Å². The first-order valence-corrected chi connectivity index (χ1v) is 4.03. The molecule has 2 heteroatoms. The highest BCUT2D eigenvalue weighted by Crippen LogP contribution is 2.18. The van der Waals surface area contributed by atoms with Crippen LogP contribution in [0.5, 0.6) is 0 Å². The van der Waals surface area contributed by atoms with E-state index in [9.17, 15) is 4.79 Å². The summed E-state index contributed by atoms with van der Waals surface area (Å²) in [5.41, 5.74) is 0.882. The van der Waals surface area contributed by atoms with Crippen LogP contribution in [0.3, 0.4) is 0 Å². The number of carbonyl (C=O) groups is 1. The van der Waals surface area contributed by atoms with Crippen molar-refractivity contribution in [1.29, 1.82) is 0 Å². The van der Waals surface area contributed by atoms with Crippen molar-refractivity contribution in [3.05, 3.63) is 35.9 Å². The van der Waals surface area contributed by atoms with E-state index in [1.54, 1.807) is 0 Å². The van der Waals surface area contributed by atoms with Crippen molar-refractivity contribution in [1.82, 2.24) is 0 Å². The highest BCUT2D eigenvalue weighted by molar-refractivity contribution is 5.75. The zero-order valence-corrected chi connectivity index (χ0v) is 7.03. The lowest BCUT2D eigenvalue weighted by Gasteiger charge is -2.08. The molecule has 0 heterocycles. The van der Waals surface area contributed by atoms with Crippen molar-refractivity contribution in [2.75, 3.05) is 0 Å². The molecule has 0 aliphatic carbocycles. The highest BCUT2D eigenvalue weighted by Gasteiger charge is 2.16. The lowest BCUT2D eigenvalue weighted by atomic mass is 9.97. The van der Waals surface area contributed by atoms with E-state index in [0.29, 0.717) is 6.42 Å². The number of hydrogen-bond donors (Lipinski definition) is 1. The first kappa shape index (κ1) is 8.78. The van der Waals surface area contributed by atoms with Gasteiger partial charge in [0.15, 0.2) is 0 Å². The summed E-state index contributed by atoms with van der Waals surface area (Å²) in [6.07, 6.45) is 0.638. The standard InChI is InChI=1S/C10H12O2/c1-2-9(10(11)12)8-6-4-3-5-7-8/h3-7,9H,2H2,1H3,(H,11,12)/t9-/m1/s1. The maximum atomic E-state index is 10.7. The molecule has 1 aromatic carbocycles. The zero-order valence-electron chi connectivity index (χ0n) is 7.03. The topological polar surface area (TPSA) is 37.3 Å². The number of carboxylic acid groups (broad SMARTS) is 1. The third-order valence-electron chi connectivity index (χ3n) is 1.91. The second kappa shape index (κ2) is 3.90. The molecule has 0 bridgehead atoms. The molecule has 12 heavy (non-hydrogen) atoms. The van der Waals surface area contributed by atoms with Crippen molar-refractivity contribution >= 4 is 5.97 Å². The van der Waals surface area contributed by atoms with Crippen molar-refractivity contribution in [3.63, 3.8) is 0 Å². The Labute approximate surface area is 71.8 Å². The molecule has 0 aliphatic heterocycles. The van der Waals surface area contributed by atoms with Crippen LogP contribution in [0.15, 0.2) is 30.3 Å². The van der Waals surface area contributed by atoms with Crippen LogP contribution in [0.4, 0.5) is 0 Å². The van der Waals surface area contributed by atoms with Crippen LogP contribution in [0, 0.1) is 0 Å². The van der Waals surface area contributed by atoms with E-state index in [2.05, 4.69) is 0 Å². The van der Waals surface area contributed by atoms with Gasteiger partial charge in [-0.15, -0.1) is 0 Å². The van der Waals surface area contributed by atoms with Crippen molar-refractivity contribution in [2.24, 2.45) is 0 Å². The fourth-order valence-electron chi connectivity index (χ4n) is 1.24. The molecule has 1 aromatic rings. The van der Waals surface area contributed by atoms with Crippen molar-refractivity contribution in [3.8, 4) is 0 Å². The van der Waals surface area contributed by atoms with Crippen LogP contribution >= 0.6 is 0 Å². The van der Waals surface area contributed by atoms with Gasteiger partial charge >= 0.3 is 5.97 Å². The number of rotatable bonds is 3. The summed E-state index contributed by atoms with van der Waals surface area (Å²) in [5.74, 6) is -1.10. The quantitative estimate of drug-likeness (QED) is 0.744. The second-order valence-corrected chi connectivity index (χ2v) is 2.71. The summed E-state index contributed by atoms with van der Waals surface area (Å²) in [6, 6.07) is 9.31. The fraction of sp³-hybridized carbons (Fsp3) is 0.300. The minimum absolute atomic E-state index is 0.355. The zero-order chi connectivity index (χ0) is 8.97. The van der Waals surface area contributed by atoms with E-state index in [-0.39, 0.29) is 5.92 Å². The predicted molar refractivity (Wildman–Crippen MR) is 47.1 cm³/mol. The average molecular weight is 164 g/mol. The molecule has 0 unspecified atom stereocenters. The average Bonchev–Trinajstić information content (AvgIpc) is 2.07. The molecule has 1 atom stereocenters. The molecule has 0 spiro atoms. The van der Waals surface area contributed by atoms with Gasteiger partial charge in [0.25, 0.3) is 0 Å². The van der Waals surface area contributed by atoms with Gasteiger partial charge in [-0.05, 0) is 12.0 Å². The Balaban J connectivity index is 2.88. The Kier molecular flexibility index (Phi) is 2.86. The van der Waals surface area contributed by atoms with Gasteiger partial charge < -0.3 is 5.11 Å². The first-order valence-electron chi connectivity index (χ1n) is 4.03. The summed E-state index contributed by atoms with van der Waals surface area (Å²) < 4.78 is 0. The summed E-state index contributed by atoms with van der Waals surface area (Å²) >= 11 is 0. The van der Waals surface area contributed by atoms with Crippen molar-refractivity contribution in [2.45, 2.75) is 19.3 Å². The predicted octanol–water partition coefficient (Wildman–Crippen LogP) is 2.26. The van der Waals surface area contributed by atoms with E-state index in [1.165, 1.54) is 0 Å². The van der Waals surface area contributed by atoms with Crippen molar-refractivity contribution < 1.29 is 9.90 Å². The summed E-state index contributed by atoms with van der Waals surface area (Å²) in [6.45, 7) is 1.88. The van der Waals surface area contributed by atoms with E-state index in [1.807, 2.05) is 37.3 Å². The maximum absolute atomic E-state index is 10.7. The summed E-state index contributed by atoms with van der Waals surface area (Å²) in [7, 11) is 0. The lowest BCUT2D eigenvalue weighted by Crippen LogP contribution is -2.09. The van der Waals surface area contributed by atoms with E-state index < -0.39 is 5.97 Å². The van der Waals surface area contributed by atoms with E-state index >= 15 is 0 Å². The Morgan fingerprint density at radius 2 is 2.00 bits per heavy atom. The third-order valence-corrected chi connectivity index (χ3v) is 1.91. The molecule has 0 saturated heterocycles. The molecule has 0 radical (unpaired) electrons. The first-order chi connectivity index (χ1) is 5.75. The molecule has 1 N–H and O–H groups in total. The molecule has 64 valence electrons. The molecule has 2 nitrogen and oxygen atoms in total. The monoisotopic (exact) mass is 164 g/mol. The summed E-state index contributed by atoms with van der Waals surface area (Å²) in [4.78, 5) is 10.7. The molecule has 0 saturated carbocycles. The second-order valence-electron chi connectivity index (χ2n) is 2.71. The Bertz CT molecular complexity index is 254. The van der Waals surface area contributed by atoms with Gasteiger partial charge in [0.05, 0.1) is 5.92 Å². The Morgan fingerprint density at radius 3 is 2.42 bits per heavy atom. The van der Waals surface area contributed by atoms with Gasteiger partial charge in [-0.25, -0.2) is 0 Å². The van der Waals surface area contributed by atoms with Crippen LogP contribution in [-0.2, 0) is 4.79 Å². The van der Waals surface area contributed by atoms with Gasteiger partial charge in [0.1, 0.15) is 0 Å². The van der Waals surface area contributed by atoms with E-state index in [4.69, 9.17) is 5.11 Å². The van der Waals surface area contributed by atoms with E-state index in [0.717, 1.165) is 5.56 Å². The molecular formula is C10H12O2. The summed E-state index contributed by atoms with van der Waals surface area (Å²) in [5, 5.41) is 8.83.